The van der Waals surface area contributed by atoms with Gasteiger partial charge in [0.25, 0.3) is 5.69 Å². The lowest BCUT2D eigenvalue weighted by molar-refractivity contribution is -0.384. The first-order valence-electron chi connectivity index (χ1n) is 7.65. The van der Waals surface area contributed by atoms with Crippen LogP contribution in [0.5, 0.6) is 5.75 Å². The SMILES string of the molecule is CCO[P@](=O)(Oc1ccc([N+](=O)[O-])cc1)c1ccccc1C(C)C. The predicted octanol–water partition coefficient (Wildman–Crippen LogP) is 4.65. The van der Waals surface area contributed by atoms with Crippen molar-refractivity contribution in [3.05, 3.63) is 64.2 Å². The van der Waals surface area contributed by atoms with Crippen LogP contribution in [-0.2, 0) is 9.09 Å². The smallest absolute Gasteiger partial charge is 0.411 e. The van der Waals surface area contributed by atoms with Crippen LogP contribution in [0.2, 0.25) is 0 Å². The molecule has 2 aromatic carbocycles. The fourth-order valence-electron chi connectivity index (χ4n) is 2.31. The quantitative estimate of drug-likeness (QED) is 0.413. The molecule has 7 heteroatoms. The molecule has 0 bridgehead atoms. The zero-order valence-corrected chi connectivity index (χ0v) is 14.7. The molecule has 2 aromatic rings. The first-order chi connectivity index (χ1) is 11.4. The lowest BCUT2D eigenvalue weighted by atomic mass is 10.0. The first-order valence-corrected chi connectivity index (χ1v) is 9.19. The van der Waals surface area contributed by atoms with Crippen molar-refractivity contribution in [2.24, 2.45) is 0 Å². The van der Waals surface area contributed by atoms with E-state index in [1.807, 2.05) is 26.0 Å². The zero-order chi connectivity index (χ0) is 17.7. The van der Waals surface area contributed by atoms with Gasteiger partial charge in [0, 0.05) is 12.1 Å². The van der Waals surface area contributed by atoms with Crippen LogP contribution in [0.4, 0.5) is 5.69 Å². The number of rotatable bonds is 7. The van der Waals surface area contributed by atoms with E-state index in [1.165, 1.54) is 24.3 Å². The molecular weight excluding hydrogens is 329 g/mol. The minimum absolute atomic E-state index is 0.0591. The molecule has 0 unspecified atom stereocenters. The number of nitro benzene ring substituents is 1. The minimum atomic E-state index is -3.59. The second-order valence-electron chi connectivity index (χ2n) is 5.47. The Morgan fingerprint density at radius 2 is 1.75 bits per heavy atom. The van der Waals surface area contributed by atoms with Crippen LogP contribution in [-0.4, -0.2) is 11.5 Å². The third-order valence-corrected chi connectivity index (χ3v) is 5.47. The van der Waals surface area contributed by atoms with Gasteiger partial charge in [-0.05, 0) is 36.6 Å². The Bertz CT molecular complexity index is 758. The Balaban J connectivity index is 2.41. The summed E-state index contributed by atoms with van der Waals surface area (Å²) >= 11 is 0. The highest BCUT2D eigenvalue weighted by Crippen LogP contribution is 2.48. The summed E-state index contributed by atoms with van der Waals surface area (Å²) in [6.45, 7) is 5.96. The molecule has 0 radical (unpaired) electrons. The van der Waals surface area contributed by atoms with Gasteiger partial charge in [0.15, 0.2) is 0 Å². The van der Waals surface area contributed by atoms with E-state index in [1.54, 1.807) is 19.1 Å². The molecule has 6 nitrogen and oxygen atoms in total. The van der Waals surface area contributed by atoms with E-state index in [-0.39, 0.29) is 24.0 Å². The highest BCUT2D eigenvalue weighted by molar-refractivity contribution is 7.62. The fraction of sp³-hybridized carbons (Fsp3) is 0.294. The van der Waals surface area contributed by atoms with Crippen molar-refractivity contribution in [1.82, 2.24) is 0 Å². The van der Waals surface area contributed by atoms with E-state index in [0.717, 1.165) is 5.56 Å². The maximum Gasteiger partial charge on any atom is 0.411 e. The van der Waals surface area contributed by atoms with Crippen LogP contribution >= 0.6 is 7.60 Å². The Hall–Kier alpha value is -2.17. The molecular formula is C17H20NO5P. The lowest BCUT2D eigenvalue weighted by Gasteiger charge is -2.22. The van der Waals surface area contributed by atoms with Crippen molar-refractivity contribution in [2.45, 2.75) is 26.7 Å². The largest absolute Gasteiger partial charge is 0.421 e. The normalized spacial score (nSPS) is 13.5. The summed E-state index contributed by atoms with van der Waals surface area (Å²) in [6.07, 6.45) is 0. The molecule has 2 rings (SSSR count). The molecule has 0 aliphatic heterocycles. The van der Waals surface area contributed by atoms with Gasteiger partial charge in [0.1, 0.15) is 5.75 Å². The fourth-order valence-corrected chi connectivity index (χ4v) is 4.25. The number of nitrogens with zero attached hydrogens (tertiary/aromatic N) is 1. The standard InChI is InChI=1S/C17H20NO5P/c1-4-22-24(21,17-8-6-5-7-16(17)13(2)3)23-15-11-9-14(10-12-15)18(19)20/h5-13H,4H2,1-3H3/t24-/m0/s1. The summed E-state index contributed by atoms with van der Waals surface area (Å²) in [5.74, 6) is 0.409. The van der Waals surface area contributed by atoms with Crippen LogP contribution in [0, 0.1) is 10.1 Å². The summed E-state index contributed by atoms with van der Waals surface area (Å²) in [4.78, 5) is 10.2. The van der Waals surface area contributed by atoms with Gasteiger partial charge in [0.2, 0.25) is 0 Å². The Morgan fingerprint density at radius 1 is 1.12 bits per heavy atom. The number of nitro groups is 1. The van der Waals surface area contributed by atoms with Gasteiger partial charge in [-0.3, -0.25) is 14.6 Å². The third-order valence-electron chi connectivity index (χ3n) is 3.43. The molecule has 0 N–H and O–H groups in total. The average Bonchev–Trinajstić information content (AvgIpc) is 2.55. The van der Waals surface area contributed by atoms with E-state index >= 15 is 0 Å². The van der Waals surface area contributed by atoms with E-state index < -0.39 is 12.5 Å². The predicted molar refractivity (Wildman–Crippen MR) is 93.1 cm³/mol. The number of hydrogen-bond acceptors (Lipinski definition) is 5. The molecule has 1 atom stereocenters. The van der Waals surface area contributed by atoms with E-state index in [9.17, 15) is 14.7 Å². The van der Waals surface area contributed by atoms with Crippen LogP contribution in [0.25, 0.3) is 0 Å². The van der Waals surface area contributed by atoms with Gasteiger partial charge in [-0.15, -0.1) is 0 Å². The third kappa shape index (κ3) is 4.02. The maximum absolute atomic E-state index is 13.3. The van der Waals surface area contributed by atoms with Gasteiger partial charge in [0.05, 0.1) is 16.8 Å². The topological polar surface area (TPSA) is 78.7 Å². The Morgan fingerprint density at radius 3 is 2.29 bits per heavy atom. The summed E-state index contributed by atoms with van der Waals surface area (Å²) in [5.41, 5.74) is 0.826. The number of non-ortho nitro benzene ring substituents is 1. The molecule has 0 heterocycles. The molecule has 0 aromatic heterocycles. The molecule has 0 amide bonds. The van der Waals surface area contributed by atoms with Gasteiger partial charge in [-0.25, -0.2) is 4.57 Å². The molecule has 0 spiro atoms. The van der Waals surface area contributed by atoms with Crippen LogP contribution < -0.4 is 9.83 Å². The first kappa shape index (κ1) is 18.2. The van der Waals surface area contributed by atoms with Gasteiger partial charge < -0.3 is 4.52 Å². The van der Waals surface area contributed by atoms with Gasteiger partial charge in [-0.1, -0.05) is 32.0 Å². The van der Waals surface area contributed by atoms with Crippen LogP contribution in [0.3, 0.4) is 0 Å². The minimum Gasteiger partial charge on any atom is -0.421 e. The van der Waals surface area contributed by atoms with Crippen molar-refractivity contribution in [1.29, 1.82) is 0 Å². The van der Waals surface area contributed by atoms with E-state index in [2.05, 4.69) is 0 Å². The molecule has 0 aliphatic rings. The van der Waals surface area contributed by atoms with Crippen molar-refractivity contribution >= 4 is 18.6 Å². The van der Waals surface area contributed by atoms with Crippen molar-refractivity contribution < 1.29 is 18.5 Å². The summed E-state index contributed by atoms with van der Waals surface area (Å²) < 4.78 is 24.5. The van der Waals surface area contributed by atoms with Gasteiger partial charge >= 0.3 is 7.60 Å². The summed E-state index contributed by atoms with van der Waals surface area (Å²) in [5, 5.41) is 11.2. The monoisotopic (exact) mass is 349 g/mol. The second kappa shape index (κ2) is 7.60. The summed E-state index contributed by atoms with van der Waals surface area (Å²) in [6, 6.07) is 12.7. The molecule has 0 saturated carbocycles. The molecule has 128 valence electrons. The molecule has 24 heavy (non-hydrogen) atoms. The Kier molecular flexibility index (Phi) is 5.75. The van der Waals surface area contributed by atoms with E-state index in [0.29, 0.717) is 5.30 Å². The Labute approximate surface area is 141 Å². The van der Waals surface area contributed by atoms with Crippen molar-refractivity contribution in [3.63, 3.8) is 0 Å². The van der Waals surface area contributed by atoms with Crippen molar-refractivity contribution in [3.8, 4) is 5.75 Å². The summed E-state index contributed by atoms with van der Waals surface area (Å²) in [7, 11) is -3.59. The maximum atomic E-state index is 13.3. The zero-order valence-electron chi connectivity index (χ0n) is 13.8. The van der Waals surface area contributed by atoms with E-state index in [4.69, 9.17) is 9.05 Å². The molecule has 0 aliphatic carbocycles. The number of hydrogen-bond donors (Lipinski definition) is 0. The lowest BCUT2D eigenvalue weighted by Crippen LogP contribution is -2.18. The van der Waals surface area contributed by atoms with Crippen LogP contribution in [0.15, 0.2) is 48.5 Å². The van der Waals surface area contributed by atoms with Crippen LogP contribution in [0.1, 0.15) is 32.3 Å². The highest BCUT2D eigenvalue weighted by Gasteiger charge is 2.32. The number of benzene rings is 2. The van der Waals surface area contributed by atoms with Gasteiger partial charge in [-0.2, -0.15) is 0 Å². The highest BCUT2D eigenvalue weighted by atomic mass is 31.2. The average molecular weight is 349 g/mol. The van der Waals surface area contributed by atoms with Crippen molar-refractivity contribution in [2.75, 3.05) is 6.61 Å². The molecule has 0 saturated heterocycles. The molecule has 0 fully saturated rings. The second-order valence-corrected chi connectivity index (χ2v) is 7.39.